The van der Waals surface area contributed by atoms with E-state index in [0.29, 0.717) is 15.4 Å². The monoisotopic (exact) mass is 396 g/mol. The van der Waals surface area contributed by atoms with Crippen LogP contribution in [0.1, 0.15) is 25.5 Å². The van der Waals surface area contributed by atoms with E-state index in [0.717, 1.165) is 22.4 Å². The molecule has 1 aromatic heterocycles. The molecule has 0 atom stereocenters. The summed E-state index contributed by atoms with van der Waals surface area (Å²) in [6.45, 7) is 5.68. The van der Waals surface area contributed by atoms with Gasteiger partial charge < -0.3 is 0 Å². The van der Waals surface area contributed by atoms with Crippen molar-refractivity contribution < 1.29 is 8.42 Å². The lowest BCUT2D eigenvalue weighted by molar-refractivity contribution is 0.601. The van der Waals surface area contributed by atoms with E-state index in [2.05, 4.69) is 4.72 Å². The lowest BCUT2D eigenvalue weighted by atomic mass is 10.2. The third-order valence-corrected chi connectivity index (χ3v) is 6.54. The zero-order valence-electron chi connectivity index (χ0n) is 13.9. The van der Waals surface area contributed by atoms with Gasteiger partial charge in [-0.3, -0.25) is 14.1 Å². The molecule has 25 heavy (non-hydrogen) atoms. The second kappa shape index (κ2) is 6.48. The van der Waals surface area contributed by atoms with Gasteiger partial charge in [-0.05, 0) is 56.7 Å². The van der Waals surface area contributed by atoms with Gasteiger partial charge in [0.1, 0.15) is 0 Å². The maximum Gasteiger partial charge on any atom is 0.308 e. The first-order chi connectivity index (χ1) is 11.7. The number of fused-ring (bicyclic) bond motifs is 1. The van der Waals surface area contributed by atoms with Crippen molar-refractivity contribution in [1.82, 2.24) is 4.57 Å². The molecule has 3 rings (SSSR count). The van der Waals surface area contributed by atoms with Gasteiger partial charge >= 0.3 is 4.87 Å². The van der Waals surface area contributed by atoms with E-state index in [1.165, 1.54) is 12.1 Å². The Morgan fingerprint density at radius 2 is 1.88 bits per heavy atom. The van der Waals surface area contributed by atoms with Crippen LogP contribution in [0.3, 0.4) is 0 Å². The summed E-state index contributed by atoms with van der Waals surface area (Å²) >= 11 is 7.09. The lowest BCUT2D eigenvalue weighted by Gasteiger charge is -2.10. The number of thiazole rings is 1. The smallest absolute Gasteiger partial charge is 0.296 e. The van der Waals surface area contributed by atoms with Gasteiger partial charge in [0, 0.05) is 11.1 Å². The summed E-state index contributed by atoms with van der Waals surface area (Å²) in [6.07, 6.45) is 0. The Morgan fingerprint density at radius 3 is 2.52 bits per heavy atom. The Labute approximate surface area is 154 Å². The molecule has 0 saturated heterocycles. The first-order valence-corrected chi connectivity index (χ1v) is 10.3. The highest BCUT2D eigenvalue weighted by Crippen LogP contribution is 2.26. The maximum atomic E-state index is 12.6. The summed E-state index contributed by atoms with van der Waals surface area (Å²) in [6, 6.07) is 9.69. The molecule has 0 aliphatic heterocycles. The van der Waals surface area contributed by atoms with Crippen molar-refractivity contribution in [3.05, 3.63) is 56.7 Å². The average molecular weight is 397 g/mol. The van der Waals surface area contributed by atoms with Gasteiger partial charge in [-0.2, -0.15) is 0 Å². The van der Waals surface area contributed by atoms with Crippen LogP contribution in [0.15, 0.2) is 46.1 Å². The van der Waals surface area contributed by atoms with Crippen LogP contribution in [0.2, 0.25) is 5.02 Å². The van der Waals surface area contributed by atoms with Gasteiger partial charge in [0.15, 0.2) is 0 Å². The summed E-state index contributed by atoms with van der Waals surface area (Å²) in [5.74, 6) is 0. The molecule has 0 amide bonds. The van der Waals surface area contributed by atoms with Crippen LogP contribution in [-0.2, 0) is 10.0 Å². The van der Waals surface area contributed by atoms with E-state index in [1.807, 2.05) is 20.8 Å². The molecule has 0 aliphatic carbocycles. The minimum absolute atomic E-state index is 0.0107. The number of halogens is 1. The molecule has 0 aliphatic rings. The molecule has 2 aromatic carbocycles. The van der Waals surface area contributed by atoms with Crippen LogP contribution in [0.25, 0.3) is 10.2 Å². The predicted molar refractivity (Wildman–Crippen MR) is 103 cm³/mol. The molecule has 1 N–H and O–H groups in total. The molecule has 0 fully saturated rings. The Hall–Kier alpha value is -1.83. The largest absolute Gasteiger partial charge is 0.308 e. The van der Waals surface area contributed by atoms with Crippen LogP contribution >= 0.6 is 22.9 Å². The summed E-state index contributed by atoms with van der Waals surface area (Å²) in [7, 11) is -3.77. The Morgan fingerprint density at radius 1 is 1.16 bits per heavy atom. The predicted octanol–water partition coefficient (Wildman–Crippen LogP) is 4.41. The first-order valence-electron chi connectivity index (χ1n) is 7.63. The fourth-order valence-corrected chi connectivity index (χ4v) is 4.93. The van der Waals surface area contributed by atoms with E-state index in [9.17, 15) is 13.2 Å². The summed E-state index contributed by atoms with van der Waals surface area (Å²) in [5, 5.41) is 0.489. The first kappa shape index (κ1) is 18.0. The van der Waals surface area contributed by atoms with E-state index in [4.69, 9.17) is 11.6 Å². The van der Waals surface area contributed by atoms with Gasteiger partial charge in [0.05, 0.1) is 20.8 Å². The summed E-state index contributed by atoms with van der Waals surface area (Å²) in [5.41, 5.74) is 2.00. The number of benzene rings is 2. The summed E-state index contributed by atoms with van der Waals surface area (Å²) < 4.78 is 30.1. The SMILES string of the molecule is Cc1ccc(NS(=O)(=O)c2ccc3c(c2)sc(=O)n3C(C)C)cc1Cl. The van der Waals surface area contributed by atoms with Gasteiger partial charge in [0.25, 0.3) is 10.0 Å². The van der Waals surface area contributed by atoms with E-state index in [1.54, 1.807) is 28.8 Å². The van der Waals surface area contributed by atoms with E-state index < -0.39 is 10.0 Å². The van der Waals surface area contributed by atoms with Crippen LogP contribution in [-0.4, -0.2) is 13.0 Å². The average Bonchev–Trinajstić information content (AvgIpc) is 2.85. The molecule has 0 unspecified atom stereocenters. The number of nitrogens with one attached hydrogen (secondary N) is 1. The molecule has 8 heteroatoms. The zero-order chi connectivity index (χ0) is 18.4. The quantitative estimate of drug-likeness (QED) is 0.710. The topological polar surface area (TPSA) is 68.2 Å². The van der Waals surface area contributed by atoms with Crippen molar-refractivity contribution in [2.75, 3.05) is 4.72 Å². The number of hydrogen-bond donors (Lipinski definition) is 1. The Kier molecular flexibility index (Phi) is 4.66. The molecule has 0 radical (unpaired) electrons. The Bertz CT molecular complexity index is 1110. The maximum absolute atomic E-state index is 12.6. The van der Waals surface area contributed by atoms with Crippen molar-refractivity contribution in [3.8, 4) is 0 Å². The van der Waals surface area contributed by atoms with Gasteiger partial charge in [0.2, 0.25) is 0 Å². The Balaban J connectivity index is 2.02. The lowest BCUT2D eigenvalue weighted by Crippen LogP contribution is -2.15. The second-order valence-corrected chi connectivity index (χ2v) is 9.11. The van der Waals surface area contributed by atoms with Crippen molar-refractivity contribution >= 4 is 48.9 Å². The van der Waals surface area contributed by atoms with E-state index >= 15 is 0 Å². The zero-order valence-corrected chi connectivity index (χ0v) is 16.3. The summed E-state index contributed by atoms with van der Waals surface area (Å²) in [4.78, 5) is 12.1. The van der Waals surface area contributed by atoms with Gasteiger partial charge in [-0.25, -0.2) is 8.42 Å². The molecule has 132 valence electrons. The second-order valence-electron chi connectivity index (χ2n) is 6.03. The van der Waals surface area contributed by atoms with Crippen molar-refractivity contribution in [1.29, 1.82) is 0 Å². The van der Waals surface area contributed by atoms with Crippen LogP contribution in [0.4, 0.5) is 5.69 Å². The molecule has 5 nitrogen and oxygen atoms in total. The molecule has 3 aromatic rings. The number of rotatable bonds is 4. The third kappa shape index (κ3) is 3.44. The van der Waals surface area contributed by atoms with Crippen molar-refractivity contribution in [3.63, 3.8) is 0 Å². The van der Waals surface area contributed by atoms with E-state index in [-0.39, 0.29) is 15.8 Å². The number of hydrogen-bond acceptors (Lipinski definition) is 4. The molecule has 0 saturated carbocycles. The van der Waals surface area contributed by atoms with Crippen LogP contribution in [0, 0.1) is 6.92 Å². The standard InChI is InChI=1S/C17H17ClN2O3S2/c1-10(2)20-15-7-6-13(9-16(15)24-17(20)21)25(22,23)19-12-5-4-11(3)14(18)8-12/h4-10,19H,1-3H3. The fraction of sp³-hybridized carbons (Fsp3) is 0.235. The molecule has 0 spiro atoms. The van der Waals surface area contributed by atoms with Crippen molar-refractivity contribution in [2.45, 2.75) is 31.7 Å². The number of aryl methyl sites for hydroxylation is 1. The minimum Gasteiger partial charge on any atom is -0.296 e. The molecule has 0 bridgehead atoms. The molecular weight excluding hydrogens is 380 g/mol. The minimum atomic E-state index is -3.77. The highest BCUT2D eigenvalue weighted by molar-refractivity contribution is 7.92. The number of nitrogens with zero attached hydrogens (tertiary/aromatic N) is 1. The normalized spacial score (nSPS) is 12.0. The van der Waals surface area contributed by atoms with Gasteiger partial charge in [-0.15, -0.1) is 0 Å². The van der Waals surface area contributed by atoms with Crippen molar-refractivity contribution in [2.24, 2.45) is 0 Å². The number of anilines is 1. The highest BCUT2D eigenvalue weighted by Gasteiger charge is 2.18. The third-order valence-electron chi connectivity index (χ3n) is 3.84. The fourth-order valence-electron chi connectivity index (χ4n) is 2.54. The molecule has 1 heterocycles. The number of aromatic nitrogens is 1. The highest BCUT2D eigenvalue weighted by atomic mass is 35.5. The van der Waals surface area contributed by atoms with Gasteiger partial charge in [-0.1, -0.05) is 29.0 Å². The number of sulfonamides is 1. The molecular formula is C17H17ClN2O3S2. The van der Waals surface area contributed by atoms with Crippen LogP contribution < -0.4 is 9.60 Å². The van der Waals surface area contributed by atoms with Crippen LogP contribution in [0.5, 0.6) is 0 Å².